The molecular weight excluding hydrogens is 454 g/mol. The first-order chi connectivity index (χ1) is 16.7. The maximum Gasteiger partial charge on any atom is 0.408 e. The molecule has 2 N–H and O–H groups in total. The zero-order chi connectivity index (χ0) is 27.2. The van der Waals surface area contributed by atoms with Crippen LogP contribution in [0.4, 0.5) is 10.5 Å². The molecule has 2 unspecified atom stereocenters. The number of anilines is 1. The summed E-state index contributed by atoms with van der Waals surface area (Å²) in [5.41, 5.74) is 4.47. The number of ether oxygens (including phenoxy) is 1. The molecule has 194 valence electrons. The molecule has 0 spiro atoms. The molecule has 7 heteroatoms. The van der Waals surface area contributed by atoms with E-state index in [-0.39, 0.29) is 12.5 Å². The van der Waals surface area contributed by atoms with Crippen LogP contribution in [-0.4, -0.2) is 41.0 Å². The molecule has 0 aliphatic carbocycles. The molecule has 0 bridgehead atoms. The highest BCUT2D eigenvalue weighted by Crippen LogP contribution is 2.28. The Morgan fingerprint density at radius 3 is 2.08 bits per heavy atom. The zero-order valence-corrected chi connectivity index (χ0v) is 22.7. The van der Waals surface area contributed by atoms with Gasteiger partial charge in [-0.05, 0) is 72.1 Å². The van der Waals surface area contributed by atoms with E-state index < -0.39 is 29.7 Å². The Balaban J connectivity index is 2.50. The van der Waals surface area contributed by atoms with Crippen LogP contribution < -0.4 is 10.6 Å². The van der Waals surface area contributed by atoms with Gasteiger partial charge in [0.25, 0.3) is 5.91 Å². The van der Waals surface area contributed by atoms with Crippen molar-refractivity contribution in [3.05, 3.63) is 76.9 Å². The van der Waals surface area contributed by atoms with Crippen LogP contribution >= 0.6 is 0 Å². The van der Waals surface area contributed by atoms with Gasteiger partial charge in [0, 0.05) is 12.2 Å². The molecule has 0 aliphatic rings. The van der Waals surface area contributed by atoms with Crippen molar-refractivity contribution < 1.29 is 19.1 Å². The summed E-state index contributed by atoms with van der Waals surface area (Å²) < 4.78 is 5.31. The number of carbonyl (C=O) groups excluding carboxylic acids is 3. The third-order valence-electron chi connectivity index (χ3n) is 5.56. The summed E-state index contributed by atoms with van der Waals surface area (Å²) in [6.07, 6.45) is 0.866. The predicted molar refractivity (Wildman–Crippen MR) is 144 cm³/mol. The van der Waals surface area contributed by atoms with Crippen LogP contribution in [0.25, 0.3) is 0 Å². The molecule has 3 amide bonds. The SMILES string of the molecule is C=CCN(C(=O)C(C)NC(=O)OC(C)(C)C)C(C(=O)Nc1c(C)cccc1C)c1cc(C)cc(C)c1. The van der Waals surface area contributed by atoms with Gasteiger partial charge < -0.3 is 20.3 Å². The Kier molecular flexibility index (Phi) is 9.45. The smallest absolute Gasteiger partial charge is 0.408 e. The number of alkyl carbamates (subject to hydrolysis) is 1. The number of rotatable bonds is 8. The first-order valence-electron chi connectivity index (χ1n) is 12.1. The van der Waals surface area contributed by atoms with Crippen LogP contribution in [0, 0.1) is 27.7 Å². The van der Waals surface area contributed by atoms with Gasteiger partial charge in [-0.1, -0.05) is 53.6 Å². The van der Waals surface area contributed by atoms with Crippen molar-refractivity contribution in [2.75, 3.05) is 11.9 Å². The minimum atomic E-state index is -0.948. The highest BCUT2D eigenvalue weighted by Gasteiger charge is 2.34. The summed E-state index contributed by atoms with van der Waals surface area (Å²) in [6, 6.07) is 9.71. The summed E-state index contributed by atoms with van der Waals surface area (Å²) in [5, 5.41) is 5.63. The molecule has 36 heavy (non-hydrogen) atoms. The fourth-order valence-corrected chi connectivity index (χ4v) is 4.10. The first kappa shape index (κ1) is 28.6. The molecule has 0 aromatic heterocycles. The van der Waals surface area contributed by atoms with Gasteiger partial charge >= 0.3 is 6.09 Å². The molecular formula is C29H39N3O4. The summed E-state index contributed by atoms with van der Waals surface area (Å²) >= 11 is 0. The molecule has 7 nitrogen and oxygen atoms in total. The third kappa shape index (κ3) is 7.70. The van der Waals surface area contributed by atoms with E-state index in [1.54, 1.807) is 33.8 Å². The van der Waals surface area contributed by atoms with Gasteiger partial charge in [-0.15, -0.1) is 6.58 Å². The van der Waals surface area contributed by atoms with Crippen molar-refractivity contribution >= 4 is 23.6 Å². The van der Waals surface area contributed by atoms with Crippen molar-refractivity contribution in [1.82, 2.24) is 10.2 Å². The molecule has 2 rings (SSSR count). The molecule has 2 aromatic rings. The zero-order valence-electron chi connectivity index (χ0n) is 22.7. The van der Waals surface area contributed by atoms with E-state index in [0.29, 0.717) is 11.3 Å². The highest BCUT2D eigenvalue weighted by atomic mass is 16.6. The summed E-state index contributed by atoms with van der Waals surface area (Å²) in [7, 11) is 0. The second kappa shape index (κ2) is 11.9. The molecule has 0 fully saturated rings. The van der Waals surface area contributed by atoms with Crippen LogP contribution in [-0.2, 0) is 14.3 Å². The predicted octanol–water partition coefficient (Wildman–Crippen LogP) is 5.53. The average Bonchev–Trinajstić information content (AvgIpc) is 2.73. The number of benzene rings is 2. The molecule has 0 heterocycles. The van der Waals surface area contributed by atoms with Crippen molar-refractivity contribution in [2.45, 2.75) is 73.1 Å². The second-order valence-electron chi connectivity index (χ2n) is 10.2. The van der Waals surface area contributed by atoms with E-state index in [0.717, 1.165) is 22.3 Å². The summed E-state index contributed by atoms with van der Waals surface area (Å²) in [6.45, 7) is 18.5. The van der Waals surface area contributed by atoms with Crippen LogP contribution in [0.1, 0.15) is 61.6 Å². The minimum absolute atomic E-state index is 0.108. The lowest BCUT2D eigenvalue weighted by Crippen LogP contribution is -2.51. The maximum atomic E-state index is 13.8. The number of nitrogens with one attached hydrogen (secondary N) is 2. The fraction of sp³-hybridized carbons (Fsp3) is 0.414. The minimum Gasteiger partial charge on any atom is -0.444 e. The quantitative estimate of drug-likeness (QED) is 0.474. The van der Waals surface area contributed by atoms with E-state index in [1.807, 2.05) is 64.1 Å². The number of carbonyl (C=O) groups is 3. The van der Waals surface area contributed by atoms with Crippen molar-refractivity contribution in [2.24, 2.45) is 0 Å². The van der Waals surface area contributed by atoms with Crippen LogP contribution in [0.3, 0.4) is 0 Å². The van der Waals surface area contributed by atoms with E-state index in [1.165, 1.54) is 4.90 Å². The lowest BCUT2D eigenvalue weighted by atomic mass is 9.98. The van der Waals surface area contributed by atoms with E-state index in [4.69, 9.17) is 4.74 Å². The van der Waals surface area contributed by atoms with Crippen LogP contribution in [0.15, 0.2) is 49.1 Å². The van der Waals surface area contributed by atoms with Crippen LogP contribution in [0.2, 0.25) is 0 Å². The van der Waals surface area contributed by atoms with Gasteiger partial charge in [-0.2, -0.15) is 0 Å². The van der Waals surface area contributed by atoms with E-state index >= 15 is 0 Å². The van der Waals surface area contributed by atoms with Gasteiger partial charge in [-0.25, -0.2) is 4.79 Å². The molecule has 0 saturated carbocycles. The highest BCUT2D eigenvalue weighted by molar-refractivity contribution is 6.00. The van der Waals surface area contributed by atoms with Gasteiger partial charge in [0.2, 0.25) is 5.91 Å². The Morgan fingerprint density at radius 1 is 1.03 bits per heavy atom. The topological polar surface area (TPSA) is 87.7 Å². The Hall–Kier alpha value is -3.61. The summed E-state index contributed by atoms with van der Waals surface area (Å²) in [4.78, 5) is 41.2. The molecule has 2 atom stereocenters. The molecule has 2 aromatic carbocycles. The van der Waals surface area contributed by atoms with Gasteiger partial charge in [0.15, 0.2) is 0 Å². The largest absolute Gasteiger partial charge is 0.444 e. The van der Waals surface area contributed by atoms with E-state index in [2.05, 4.69) is 17.2 Å². The average molecular weight is 494 g/mol. The fourth-order valence-electron chi connectivity index (χ4n) is 4.10. The number of hydrogen-bond donors (Lipinski definition) is 2. The molecule has 0 saturated heterocycles. The molecule has 0 radical (unpaired) electrons. The first-order valence-corrected chi connectivity index (χ1v) is 12.1. The number of nitrogens with zero attached hydrogens (tertiary/aromatic N) is 1. The van der Waals surface area contributed by atoms with Gasteiger partial charge in [-0.3, -0.25) is 9.59 Å². The van der Waals surface area contributed by atoms with Crippen molar-refractivity contribution in [1.29, 1.82) is 0 Å². The number of amides is 3. The van der Waals surface area contributed by atoms with Gasteiger partial charge in [0.05, 0.1) is 0 Å². The molecule has 0 aliphatic heterocycles. The number of hydrogen-bond acceptors (Lipinski definition) is 4. The lowest BCUT2D eigenvalue weighted by Gasteiger charge is -2.33. The lowest BCUT2D eigenvalue weighted by molar-refractivity contribution is -0.139. The summed E-state index contributed by atoms with van der Waals surface area (Å²) in [5.74, 6) is -0.779. The monoisotopic (exact) mass is 493 g/mol. The standard InChI is InChI=1S/C29H39N3O4/c1-10-14-32(27(34)22(6)30-28(35)36-29(7,8)9)25(23-16-18(2)15-19(3)17-23)26(33)31-24-20(4)12-11-13-21(24)5/h10-13,15-17,22,25H,1,14H2,2-9H3,(H,30,35)(H,31,33). The number of para-hydroxylation sites is 1. The Labute approximate surface area is 214 Å². The number of aryl methyl sites for hydroxylation is 4. The maximum absolute atomic E-state index is 13.8. The van der Waals surface area contributed by atoms with Crippen molar-refractivity contribution in [3.63, 3.8) is 0 Å². The van der Waals surface area contributed by atoms with Gasteiger partial charge in [0.1, 0.15) is 17.7 Å². The Bertz CT molecular complexity index is 1090. The normalized spacial score (nSPS) is 12.8. The van der Waals surface area contributed by atoms with E-state index in [9.17, 15) is 14.4 Å². The van der Waals surface area contributed by atoms with Crippen molar-refractivity contribution in [3.8, 4) is 0 Å². The second-order valence-corrected chi connectivity index (χ2v) is 10.2. The van der Waals surface area contributed by atoms with Crippen LogP contribution in [0.5, 0.6) is 0 Å². The third-order valence-corrected chi connectivity index (χ3v) is 5.56. The Morgan fingerprint density at radius 2 is 1.58 bits per heavy atom.